The molecule has 0 unspecified atom stereocenters. The number of furan rings is 1. The standard InChI is InChI=1S/C45H29N3O/c1-45(2)35-17-10-12-26-11-9-16-30(42(26)35)32-24-33-28-13-4-7-19-38(28)48(39(33)25-36(32)45)44-46-37-18-6-3-15-31(37)43(47-44)27-21-22-41-34(23-27)29-14-5-8-20-40(29)49-41/h3-25H,1-2H3. The monoisotopic (exact) mass is 627 g/mol. The molecule has 0 aliphatic heterocycles. The summed E-state index contributed by atoms with van der Waals surface area (Å²) in [5.74, 6) is 0.660. The molecule has 1 aliphatic carbocycles. The zero-order chi connectivity index (χ0) is 32.4. The third-order valence-corrected chi connectivity index (χ3v) is 10.8. The number of hydrogen-bond acceptors (Lipinski definition) is 3. The van der Waals surface area contributed by atoms with Crippen LogP contribution in [-0.2, 0) is 5.41 Å². The Morgan fingerprint density at radius 1 is 0.531 bits per heavy atom. The van der Waals surface area contributed by atoms with E-state index in [1.807, 2.05) is 12.1 Å². The van der Waals surface area contributed by atoms with Crippen LogP contribution in [0.15, 0.2) is 144 Å². The molecule has 230 valence electrons. The molecule has 0 amide bonds. The van der Waals surface area contributed by atoms with Crippen LogP contribution in [0.1, 0.15) is 25.0 Å². The number of fused-ring (bicyclic) bond motifs is 9. The van der Waals surface area contributed by atoms with Gasteiger partial charge in [0.1, 0.15) is 11.2 Å². The fourth-order valence-electron chi connectivity index (χ4n) is 8.46. The highest BCUT2D eigenvalue weighted by Gasteiger charge is 2.34. The van der Waals surface area contributed by atoms with E-state index in [4.69, 9.17) is 14.4 Å². The summed E-state index contributed by atoms with van der Waals surface area (Å²) in [4.78, 5) is 10.7. The van der Waals surface area contributed by atoms with Gasteiger partial charge < -0.3 is 4.42 Å². The van der Waals surface area contributed by atoms with Crippen LogP contribution in [0.2, 0.25) is 0 Å². The predicted octanol–water partition coefficient (Wildman–Crippen LogP) is 11.8. The van der Waals surface area contributed by atoms with Crippen molar-refractivity contribution >= 4 is 65.4 Å². The lowest BCUT2D eigenvalue weighted by Gasteiger charge is -2.35. The number of rotatable bonds is 2. The molecular formula is C45H29N3O. The second-order valence-corrected chi connectivity index (χ2v) is 13.8. The lowest BCUT2D eigenvalue weighted by Crippen LogP contribution is -2.23. The first kappa shape index (κ1) is 26.8. The molecular weight excluding hydrogens is 599 g/mol. The number of aromatic nitrogens is 3. The van der Waals surface area contributed by atoms with Crippen LogP contribution in [0.4, 0.5) is 0 Å². The molecule has 0 radical (unpaired) electrons. The Hall–Kier alpha value is -6.26. The molecule has 0 saturated heterocycles. The Morgan fingerprint density at radius 2 is 1.29 bits per heavy atom. The van der Waals surface area contributed by atoms with Crippen LogP contribution in [0, 0.1) is 0 Å². The molecule has 0 saturated carbocycles. The summed E-state index contributed by atoms with van der Waals surface area (Å²) < 4.78 is 8.44. The van der Waals surface area contributed by atoms with E-state index in [9.17, 15) is 0 Å². The van der Waals surface area contributed by atoms with Gasteiger partial charge >= 0.3 is 0 Å². The first-order valence-corrected chi connectivity index (χ1v) is 16.8. The van der Waals surface area contributed by atoms with E-state index < -0.39 is 0 Å². The third kappa shape index (κ3) is 3.58. The second kappa shape index (κ2) is 9.42. The predicted molar refractivity (Wildman–Crippen MR) is 202 cm³/mol. The largest absolute Gasteiger partial charge is 0.456 e. The van der Waals surface area contributed by atoms with Crippen LogP contribution in [-0.4, -0.2) is 14.5 Å². The quantitative estimate of drug-likeness (QED) is 0.192. The summed E-state index contributed by atoms with van der Waals surface area (Å²) >= 11 is 0. The molecule has 1 aliphatic rings. The Bertz CT molecular complexity index is 3030. The Balaban J connectivity index is 1.22. The number of benzene rings is 7. The minimum absolute atomic E-state index is 0.198. The van der Waals surface area contributed by atoms with Gasteiger partial charge in [0, 0.05) is 37.9 Å². The van der Waals surface area contributed by atoms with Crippen LogP contribution in [0.25, 0.3) is 93.8 Å². The van der Waals surface area contributed by atoms with Crippen molar-refractivity contribution in [1.82, 2.24) is 14.5 Å². The average Bonchev–Trinajstić information content (AvgIpc) is 3.68. The van der Waals surface area contributed by atoms with E-state index in [-0.39, 0.29) is 5.41 Å². The van der Waals surface area contributed by atoms with Gasteiger partial charge in [-0.2, -0.15) is 0 Å². The van der Waals surface area contributed by atoms with Crippen molar-refractivity contribution < 1.29 is 4.42 Å². The second-order valence-electron chi connectivity index (χ2n) is 13.8. The molecule has 0 spiro atoms. The molecule has 4 nitrogen and oxygen atoms in total. The highest BCUT2D eigenvalue weighted by atomic mass is 16.3. The molecule has 49 heavy (non-hydrogen) atoms. The van der Waals surface area contributed by atoms with Crippen molar-refractivity contribution in [3.8, 4) is 28.3 Å². The molecule has 4 heteroatoms. The molecule has 3 aromatic heterocycles. The summed E-state index contributed by atoms with van der Waals surface area (Å²) in [5.41, 5.74) is 11.9. The SMILES string of the molecule is CC1(C)c2cc3c(cc2-c2cccc4cccc1c24)c1ccccc1n3-c1nc(-c2ccc3oc4ccccc4c3c2)c2ccccc2n1. The van der Waals surface area contributed by atoms with Crippen molar-refractivity contribution in [2.75, 3.05) is 0 Å². The van der Waals surface area contributed by atoms with Gasteiger partial charge in [0.15, 0.2) is 0 Å². The van der Waals surface area contributed by atoms with Gasteiger partial charge in [-0.15, -0.1) is 0 Å². The highest BCUT2D eigenvalue weighted by molar-refractivity contribution is 6.13. The van der Waals surface area contributed by atoms with E-state index in [0.717, 1.165) is 55.1 Å². The molecule has 0 fully saturated rings. The lowest BCUT2D eigenvalue weighted by atomic mass is 9.68. The third-order valence-electron chi connectivity index (χ3n) is 10.8. The minimum atomic E-state index is -0.198. The van der Waals surface area contributed by atoms with E-state index in [1.54, 1.807) is 0 Å². The molecule has 0 N–H and O–H groups in total. The van der Waals surface area contributed by atoms with Crippen molar-refractivity contribution in [3.05, 3.63) is 151 Å². The maximum Gasteiger partial charge on any atom is 0.235 e. The molecule has 0 bridgehead atoms. The topological polar surface area (TPSA) is 43.9 Å². The molecule has 11 rings (SSSR count). The molecule has 7 aromatic carbocycles. The average molecular weight is 628 g/mol. The zero-order valence-corrected chi connectivity index (χ0v) is 27.0. The van der Waals surface area contributed by atoms with Crippen molar-refractivity contribution in [2.45, 2.75) is 19.3 Å². The van der Waals surface area contributed by atoms with Gasteiger partial charge in [-0.05, 0) is 81.6 Å². The van der Waals surface area contributed by atoms with Gasteiger partial charge in [-0.3, -0.25) is 4.57 Å². The number of nitrogens with zero attached hydrogens (tertiary/aromatic N) is 3. The van der Waals surface area contributed by atoms with Gasteiger partial charge in [-0.1, -0.05) is 105 Å². The number of para-hydroxylation sites is 3. The summed E-state index contributed by atoms with van der Waals surface area (Å²) in [6, 6.07) is 49.8. The summed E-state index contributed by atoms with van der Waals surface area (Å²) in [6.07, 6.45) is 0. The summed E-state index contributed by atoms with van der Waals surface area (Å²) in [5, 5.41) is 8.23. The molecule has 3 heterocycles. The Morgan fingerprint density at radius 3 is 2.18 bits per heavy atom. The van der Waals surface area contributed by atoms with Crippen LogP contribution in [0.3, 0.4) is 0 Å². The van der Waals surface area contributed by atoms with Gasteiger partial charge in [-0.25, -0.2) is 9.97 Å². The molecule has 10 aromatic rings. The molecule has 0 atom stereocenters. The van der Waals surface area contributed by atoms with Crippen molar-refractivity contribution in [1.29, 1.82) is 0 Å². The van der Waals surface area contributed by atoms with Crippen molar-refractivity contribution in [2.24, 2.45) is 0 Å². The maximum atomic E-state index is 6.18. The first-order chi connectivity index (χ1) is 24.0. The smallest absolute Gasteiger partial charge is 0.235 e. The van der Waals surface area contributed by atoms with Gasteiger partial charge in [0.05, 0.1) is 22.2 Å². The van der Waals surface area contributed by atoms with Crippen LogP contribution in [0.5, 0.6) is 0 Å². The van der Waals surface area contributed by atoms with Gasteiger partial charge in [0.2, 0.25) is 5.95 Å². The fourth-order valence-corrected chi connectivity index (χ4v) is 8.46. The van der Waals surface area contributed by atoms with E-state index in [1.165, 1.54) is 43.8 Å². The van der Waals surface area contributed by atoms with E-state index in [0.29, 0.717) is 5.95 Å². The van der Waals surface area contributed by atoms with E-state index >= 15 is 0 Å². The summed E-state index contributed by atoms with van der Waals surface area (Å²) in [7, 11) is 0. The van der Waals surface area contributed by atoms with Crippen LogP contribution >= 0.6 is 0 Å². The van der Waals surface area contributed by atoms with Crippen LogP contribution < -0.4 is 0 Å². The minimum Gasteiger partial charge on any atom is -0.456 e. The maximum absolute atomic E-state index is 6.18. The fraction of sp³-hybridized carbons (Fsp3) is 0.0667. The normalized spacial score (nSPS) is 13.7. The summed E-state index contributed by atoms with van der Waals surface area (Å²) in [6.45, 7) is 4.71. The van der Waals surface area contributed by atoms with E-state index in [2.05, 4.69) is 146 Å². The Labute approximate surface area is 281 Å². The Kier molecular flexibility index (Phi) is 5.15. The lowest BCUT2D eigenvalue weighted by molar-refractivity contribution is 0.646. The van der Waals surface area contributed by atoms with Crippen molar-refractivity contribution in [3.63, 3.8) is 0 Å². The highest BCUT2D eigenvalue weighted by Crippen LogP contribution is 2.50. The first-order valence-electron chi connectivity index (χ1n) is 16.8. The zero-order valence-electron chi connectivity index (χ0n) is 27.0. The van der Waals surface area contributed by atoms with Gasteiger partial charge in [0.25, 0.3) is 0 Å². The number of hydrogen-bond donors (Lipinski definition) is 0.